The Morgan fingerprint density at radius 1 is 1.04 bits per heavy atom. The Morgan fingerprint density at radius 3 is 2.46 bits per heavy atom. The summed E-state index contributed by atoms with van der Waals surface area (Å²) in [6.07, 6.45) is 0.153. The van der Waals surface area contributed by atoms with Gasteiger partial charge in [0.05, 0.1) is 38.5 Å². The fourth-order valence-corrected chi connectivity index (χ4v) is 2.47. The number of amides is 1. The number of hydrogen-bond acceptors (Lipinski definition) is 5. The van der Waals surface area contributed by atoms with Gasteiger partial charge in [-0.3, -0.25) is 4.79 Å². The molecule has 0 aromatic heterocycles. The minimum absolute atomic E-state index is 0.153. The summed E-state index contributed by atoms with van der Waals surface area (Å²) in [4.78, 5) is 24.1. The highest BCUT2D eigenvalue weighted by Gasteiger charge is 2.15. The van der Waals surface area contributed by atoms with E-state index in [-0.39, 0.29) is 24.5 Å². The van der Waals surface area contributed by atoms with Gasteiger partial charge in [-0.2, -0.15) is 0 Å². The number of ether oxygens (including phenoxy) is 3. The van der Waals surface area contributed by atoms with Crippen LogP contribution in [0.3, 0.4) is 0 Å². The van der Waals surface area contributed by atoms with Gasteiger partial charge < -0.3 is 19.5 Å². The van der Waals surface area contributed by atoms with Crippen LogP contribution in [0.25, 0.3) is 0 Å². The van der Waals surface area contributed by atoms with Gasteiger partial charge in [0.1, 0.15) is 11.5 Å². The molecule has 1 N–H and O–H groups in total. The molecule has 0 aliphatic rings. The molecule has 2 aromatic carbocycles. The molecule has 2 rings (SSSR count). The van der Waals surface area contributed by atoms with Crippen LogP contribution in [0.4, 0.5) is 5.69 Å². The summed E-state index contributed by atoms with van der Waals surface area (Å²) in [7, 11) is 2.78. The van der Waals surface area contributed by atoms with Gasteiger partial charge in [0.15, 0.2) is 0 Å². The van der Waals surface area contributed by atoms with Crippen LogP contribution in [0.2, 0.25) is 0 Å². The standard InChI is InChI=1S/C20H23NO5/c1-13-5-8-18(14(2)11-13)26-10-9-19(22)21-17-7-6-15(24-3)12-16(17)20(23)25-4/h5-8,11-12H,9-10H2,1-4H3,(H,21,22). The fraction of sp³-hybridized carbons (Fsp3) is 0.300. The molecular weight excluding hydrogens is 334 g/mol. The minimum Gasteiger partial charge on any atom is -0.497 e. The quantitative estimate of drug-likeness (QED) is 0.768. The van der Waals surface area contributed by atoms with Crippen LogP contribution in [0, 0.1) is 13.8 Å². The van der Waals surface area contributed by atoms with Crippen LogP contribution >= 0.6 is 0 Å². The maximum Gasteiger partial charge on any atom is 0.340 e. The first kappa shape index (κ1) is 19.3. The second-order valence-electron chi connectivity index (χ2n) is 5.82. The number of hydrogen-bond donors (Lipinski definition) is 1. The van der Waals surface area contributed by atoms with Crippen LogP contribution < -0.4 is 14.8 Å². The maximum atomic E-state index is 12.2. The second kappa shape index (κ2) is 8.89. The number of aryl methyl sites for hydroxylation is 2. The highest BCUT2D eigenvalue weighted by molar-refractivity contribution is 6.01. The molecule has 0 atom stereocenters. The zero-order chi connectivity index (χ0) is 19.1. The van der Waals surface area contributed by atoms with Crippen LogP contribution in [0.1, 0.15) is 27.9 Å². The molecule has 0 saturated carbocycles. The van der Waals surface area contributed by atoms with Gasteiger partial charge >= 0.3 is 5.97 Å². The van der Waals surface area contributed by atoms with E-state index in [4.69, 9.17) is 14.2 Å². The van der Waals surface area contributed by atoms with E-state index in [1.165, 1.54) is 20.3 Å². The van der Waals surface area contributed by atoms with Crippen molar-refractivity contribution in [1.82, 2.24) is 0 Å². The number of rotatable bonds is 7. The average Bonchev–Trinajstić information content (AvgIpc) is 2.63. The van der Waals surface area contributed by atoms with Crippen molar-refractivity contribution in [2.24, 2.45) is 0 Å². The number of carbonyl (C=O) groups is 2. The largest absolute Gasteiger partial charge is 0.497 e. The number of methoxy groups -OCH3 is 2. The van der Waals surface area contributed by atoms with E-state index in [1.54, 1.807) is 12.1 Å². The number of carbonyl (C=O) groups excluding carboxylic acids is 2. The molecule has 2 aromatic rings. The lowest BCUT2D eigenvalue weighted by Crippen LogP contribution is -2.18. The first-order valence-electron chi connectivity index (χ1n) is 8.21. The Labute approximate surface area is 153 Å². The Kier molecular flexibility index (Phi) is 6.60. The van der Waals surface area contributed by atoms with Crippen LogP contribution in [-0.4, -0.2) is 32.7 Å². The van der Waals surface area contributed by atoms with E-state index in [9.17, 15) is 9.59 Å². The highest BCUT2D eigenvalue weighted by atomic mass is 16.5. The normalized spacial score (nSPS) is 10.2. The predicted octanol–water partition coefficient (Wildman–Crippen LogP) is 3.51. The third-order valence-electron chi connectivity index (χ3n) is 3.82. The van der Waals surface area contributed by atoms with Crippen LogP contribution in [0.15, 0.2) is 36.4 Å². The van der Waals surface area contributed by atoms with Crippen molar-refractivity contribution in [2.75, 3.05) is 26.1 Å². The third kappa shape index (κ3) is 4.99. The molecule has 6 heteroatoms. The predicted molar refractivity (Wildman–Crippen MR) is 99.0 cm³/mol. The van der Waals surface area contributed by atoms with E-state index in [1.807, 2.05) is 32.0 Å². The zero-order valence-corrected chi connectivity index (χ0v) is 15.4. The molecule has 1 amide bonds. The summed E-state index contributed by atoms with van der Waals surface area (Å²) in [5.41, 5.74) is 2.78. The molecule has 138 valence electrons. The lowest BCUT2D eigenvalue weighted by molar-refractivity contribution is -0.116. The van der Waals surface area contributed by atoms with Gasteiger partial charge in [-0.25, -0.2) is 4.79 Å². The molecule has 0 aliphatic carbocycles. The number of benzene rings is 2. The van der Waals surface area contributed by atoms with Gasteiger partial charge in [-0.1, -0.05) is 17.7 Å². The van der Waals surface area contributed by atoms with E-state index in [2.05, 4.69) is 5.32 Å². The van der Waals surface area contributed by atoms with Crippen molar-refractivity contribution in [1.29, 1.82) is 0 Å². The molecule has 0 unspecified atom stereocenters. The van der Waals surface area contributed by atoms with Crippen LogP contribution in [0.5, 0.6) is 11.5 Å². The topological polar surface area (TPSA) is 73.9 Å². The third-order valence-corrected chi connectivity index (χ3v) is 3.82. The molecule has 0 radical (unpaired) electrons. The molecule has 0 heterocycles. The van der Waals surface area contributed by atoms with E-state index < -0.39 is 5.97 Å². The summed E-state index contributed by atoms with van der Waals surface area (Å²) < 4.78 is 15.5. The van der Waals surface area contributed by atoms with Gasteiger partial charge in [-0.05, 0) is 43.7 Å². The molecule has 0 fully saturated rings. The summed E-state index contributed by atoms with van der Waals surface area (Å²) in [5, 5.41) is 2.71. The summed E-state index contributed by atoms with van der Waals surface area (Å²) in [6, 6.07) is 10.7. The molecule has 0 spiro atoms. The Hall–Kier alpha value is -3.02. The second-order valence-corrected chi connectivity index (χ2v) is 5.82. The Balaban J connectivity index is 1.98. The Bertz CT molecular complexity index is 801. The van der Waals surface area contributed by atoms with Gasteiger partial charge in [-0.15, -0.1) is 0 Å². The van der Waals surface area contributed by atoms with E-state index in [0.29, 0.717) is 11.4 Å². The van der Waals surface area contributed by atoms with Crippen molar-refractivity contribution in [3.63, 3.8) is 0 Å². The van der Waals surface area contributed by atoms with E-state index >= 15 is 0 Å². The first-order chi connectivity index (χ1) is 12.4. The zero-order valence-electron chi connectivity index (χ0n) is 15.4. The first-order valence-corrected chi connectivity index (χ1v) is 8.21. The van der Waals surface area contributed by atoms with Gasteiger partial charge in [0.25, 0.3) is 0 Å². The lowest BCUT2D eigenvalue weighted by atomic mass is 10.1. The lowest BCUT2D eigenvalue weighted by Gasteiger charge is -2.12. The average molecular weight is 357 g/mol. The summed E-state index contributed by atoms with van der Waals surface area (Å²) >= 11 is 0. The molecule has 0 bridgehead atoms. The number of anilines is 1. The van der Waals surface area contributed by atoms with Crippen LogP contribution in [-0.2, 0) is 9.53 Å². The molecule has 26 heavy (non-hydrogen) atoms. The molecule has 6 nitrogen and oxygen atoms in total. The van der Waals surface area contributed by atoms with Crippen molar-refractivity contribution >= 4 is 17.6 Å². The Morgan fingerprint density at radius 2 is 1.81 bits per heavy atom. The number of nitrogens with one attached hydrogen (secondary N) is 1. The summed E-state index contributed by atoms with van der Waals surface area (Å²) in [6.45, 7) is 4.21. The maximum absolute atomic E-state index is 12.2. The monoisotopic (exact) mass is 357 g/mol. The smallest absolute Gasteiger partial charge is 0.340 e. The van der Waals surface area contributed by atoms with Crippen molar-refractivity contribution in [3.05, 3.63) is 53.1 Å². The fourth-order valence-electron chi connectivity index (χ4n) is 2.47. The van der Waals surface area contributed by atoms with Crippen molar-refractivity contribution in [3.8, 4) is 11.5 Å². The highest BCUT2D eigenvalue weighted by Crippen LogP contribution is 2.23. The molecular formula is C20H23NO5. The van der Waals surface area contributed by atoms with Crippen molar-refractivity contribution < 1.29 is 23.8 Å². The SMILES string of the molecule is COC(=O)c1cc(OC)ccc1NC(=O)CCOc1ccc(C)cc1C. The molecule has 0 aliphatic heterocycles. The van der Waals surface area contributed by atoms with Crippen molar-refractivity contribution in [2.45, 2.75) is 20.3 Å². The summed E-state index contributed by atoms with van der Waals surface area (Å²) in [5.74, 6) is 0.445. The van der Waals surface area contributed by atoms with Gasteiger partial charge in [0, 0.05) is 0 Å². The molecule has 0 saturated heterocycles. The minimum atomic E-state index is -0.550. The van der Waals surface area contributed by atoms with Gasteiger partial charge in [0.2, 0.25) is 5.91 Å². The number of esters is 1. The van der Waals surface area contributed by atoms with E-state index in [0.717, 1.165) is 16.9 Å².